The number of rotatable bonds is 4. The topological polar surface area (TPSA) is 49.5 Å². The summed E-state index contributed by atoms with van der Waals surface area (Å²) in [4.78, 5) is 1.88. The minimum absolute atomic E-state index is 0.152. The highest BCUT2D eigenvalue weighted by atomic mass is 19.1. The Kier molecular flexibility index (Phi) is 4.11. The molecule has 0 radical (unpaired) electrons. The van der Waals surface area contributed by atoms with Gasteiger partial charge in [-0.2, -0.15) is 0 Å². The number of benzene rings is 1. The number of aromatic hydroxyl groups is 1. The fraction of sp³-hybridized carbons (Fsp3) is 0.538. The predicted molar refractivity (Wildman–Crippen MR) is 67.4 cm³/mol. The van der Waals surface area contributed by atoms with Crippen molar-refractivity contribution in [1.29, 1.82) is 0 Å². The molecule has 0 unspecified atom stereocenters. The summed E-state index contributed by atoms with van der Waals surface area (Å²) in [5.41, 5.74) is 6.58. The molecule has 1 aromatic rings. The lowest BCUT2D eigenvalue weighted by atomic mass is 9.94. The van der Waals surface area contributed by atoms with Crippen LogP contribution in [0.4, 0.5) is 4.39 Å². The predicted octanol–water partition coefficient (Wildman–Crippen LogP) is 1.87. The Morgan fingerprint density at radius 3 is 2.29 bits per heavy atom. The van der Waals surface area contributed by atoms with Gasteiger partial charge in [-0.15, -0.1) is 0 Å². The van der Waals surface area contributed by atoms with Crippen molar-refractivity contribution >= 4 is 0 Å². The van der Waals surface area contributed by atoms with Crippen LogP contribution >= 0.6 is 0 Å². The summed E-state index contributed by atoms with van der Waals surface area (Å²) >= 11 is 0. The highest BCUT2D eigenvalue weighted by Crippen LogP contribution is 2.27. The van der Waals surface area contributed by atoms with Crippen LogP contribution in [0, 0.1) is 5.82 Å². The van der Waals surface area contributed by atoms with Crippen LogP contribution in [0.5, 0.6) is 5.75 Å². The number of halogens is 1. The average molecular weight is 240 g/mol. The summed E-state index contributed by atoms with van der Waals surface area (Å²) in [6, 6.07) is 2.71. The summed E-state index contributed by atoms with van der Waals surface area (Å²) in [6.07, 6.45) is 0.441. The van der Waals surface area contributed by atoms with E-state index < -0.39 is 5.54 Å². The minimum atomic E-state index is -0.472. The third-order valence-electron chi connectivity index (χ3n) is 2.37. The Morgan fingerprint density at radius 1 is 1.29 bits per heavy atom. The molecule has 17 heavy (non-hydrogen) atoms. The Balaban J connectivity index is 3.10. The normalized spacial score (nSPS) is 12.2. The van der Waals surface area contributed by atoms with E-state index in [4.69, 9.17) is 5.73 Å². The molecule has 3 nitrogen and oxygen atoms in total. The number of hydrogen-bond acceptors (Lipinski definition) is 3. The summed E-state index contributed by atoms with van der Waals surface area (Å²) in [7, 11) is 3.74. The van der Waals surface area contributed by atoms with E-state index in [1.165, 1.54) is 12.1 Å². The van der Waals surface area contributed by atoms with Crippen LogP contribution in [0.15, 0.2) is 12.1 Å². The zero-order chi connectivity index (χ0) is 13.2. The maximum absolute atomic E-state index is 13.5. The molecule has 4 heteroatoms. The zero-order valence-electron chi connectivity index (χ0n) is 10.9. The van der Waals surface area contributed by atoms with Gasteiger partial charge in [0.15, 0.2) is 0 Å². The number of hydrogen-bond donors (Lipinski definition) is 2. The van der Waals surface area contributed by atoms with Crippen molar-refractivity contribution in [2.24, 2.45) is 5.73 Å². The van der Waals surface area contributed by atoms with Gasteiger partial charge in [-0.3, -0.25) is 0 Å². The quantitative estimate of drug-likeness (QED) is 0.844. The lowest BCUT2D eigenvalue weighted by Crippen LogP contribution is -2.34. The molecule has 0 spiro atoms. The molecule has 0 bridgehead atoms. The van der Waals surface area contributed by atoms with Gasteiger partial charge in [-0.05, 0) is 52.1 Å². The van der Waals surface area contributed by atoms with Crippen molar-refractivity contribution in [2.45, 2.75) is 32.4 Å². The molecular formula is C13H21FN2O. The maximum Gasteiger partial charge on any atom is 0.124 e. The fourth-order valence-electron chi connectivity index (χ4n) is 1.80. The molecule has 0 aromatic heterocycles. The van der Waals surface area contributed by atoms with Crippen LogP contribution < -0.4 is 5.73 Å². The number of nitrogens with two attached hydrogens (primary N) is 1. The van der Waals surface area contributed by atoms with Crippen molar-refractivity contribution in [3.05, 3.63) is 29.1 Å². The van der Waals surface area contributed by atoms with E-state index in [1.807, 2.05) is 32.8 Å². The SMILES string of the molecule is CN(C)Cc1cc(F)cc(CC(C)(C)N)c1O. The second kappa shape index (κ2) is 5.02. The molecule has 0 saturated heterocycles. The number of phenols is 1. The van der Waals surface area contributed by atoms with Gasteiger partial charge in [0.1, 0.15) is 11.6 Å². The van der Waals surface area contributed by atoms with Gasteiger partial charge >= 0.3 is 0 Å². The third-order valence-corrected chi connectivity index (χ3v) is 2.37. The number of nitrogens with zero attached hydrogens (tertiary/aromatic N) is 1. The molecular weight excluding hydrogens is 219 g/mol. The Labute approximate surface area is 102 Å². The standard InChI is InChI=1S/C13H21FN2O/c1-13(2,15)7-9-5-11(14)6-10(12(9)17)8-16(3)4/h5-6,17H,7-8,15H2,1-4H3. The van der Waals surface area contributed by atoms with E-state index in [0.29, 0.717) is 24.1 Å². The van der Waals surface area contributed by atoms with Crippen LogP contribution in [0.2, 0.25) is 0 Å². The molecule has 0 saturated carbocycles. The van der Waals surface area contributed by atoms with E-state index in [0.717, 1.165) is 0 Å². The molecule has 0 amide bonds. The lowest BCUT2D eigenvalue weighted by Gasteiger charge is -2.21. The monoisotopic (exact) mass is 240 g/mol. The summed E-state index contributed by atoms with van der Waals surface area (Å²) in [6.45, 7) is 4.20. The van der Waals surface area contributed by atoms with Crippen LogP contribution in [0.25, 0.3) is 0 Å². The van der Waals surface area contributed by atoms with Gasteiger partial charge in [-0.1, -0.05) is 0 Å². The van der Waals surface area contributed by atoms with Gasteiger partial charge in [0, 0.05) is 17.6 Å². The zero-order valence-corrected chi connectivity index (χ0v) is 10.9. The van der Waals surface area contributed by atoms with Crippen LogP contribution in [0.3, 0.4) is 0 Å². The first kappa shape index (κ1) is 13.9. The van der Waals surface area contributed by atoms with Crippen molar-refractivity contribution in [1.82, 2.24) is 4.90 Å². The molecule has 1 aromatic carbocycles. The van der Waals surface area contributed by atoms with Crippen LogP contribution in [0.1, 0.15) is 25.0 Å². The Hall–Kier alpha value is -1.13. The molecule has 0 atom stereocenters. The molecule has 0 aliphatic rings. The van der Waals surface area contributed by atoms with Crippen molar-refractivity contribution in [3.8, 4) is 5.75 Å². The summed E-state index contributed by atoms with van der Waals surface area (Å²) < 4.78 is 13.5. The molecule has 3 N–H and O–H groups in total. The Bertz CT molecular complexity index is 397. The molecule has 96 valence electrons. The Morgan fingerprint density at radius 2 is 1.82 bits per heavy atom. The smallest absolute Gasteiger partial charge is 0.124 e. The van der Waals surface area contributed by atoms with Gasteiger partial charge in [-0.25, -0.2) is 4.39 Å². The highest BCUT2D eigenvalue weighted by molar-refractivity contribution is 5.41. The first-order chi connectivity index (χ1) is 7.69. The molecule has 0 fully saturated rings. The largest absolute Gasteiger partial charge is 0.507 e. The van der Waals surface area contributed by atoms with E-state index in [-0.39, 0.29) is 11.6 Å². The molecule has 0 aliphatic carbocycles. The molecule has 1 rings (SSSR count). The van der Waals surface area contributed by atoms with Crippen LogP contribution in [-0.2, 0) is 13.0 Å². The molecule has 0 aliphatic heterocycles. The van der Waals surface area contributed by atoms with Gasteiger partial charge < -0.3 is 15.7 Å². The fourth-order valence-corrected chi connectivity index (χ4v) is 1.80. The summed E-state index contributed by atoms with van der Waals surface area (Å²) in [5, 5.41) is 10.1. The van der Waals surface area contributed by atoms with E-state index >= 15 is 0 Å². The van der Waals surface area contributed by atoms with Crippen molar-refractivity contribution < 1.29 is 9.50 Å². The van der Waals surface area contributed by atoms with Crippen molar-refractivity contribution in [2.75, 3.05) is 14.1 Å². The first-order valence-corrected chi connectivity index (χ1v) is 5.63. The second-order valence-electron chi connectivity index (χ2n) is 5.48. The second-order valence-corrected chi connectivity index (χ2v) is 5.48. The lowest BCUT2D eigenvalue weighted by molar-refractivity contribution is 0.380. The molecule has 0 heterocycles. The highest BCUT2D eigenvalue weighted by Gasteiger charge is 2.17. The van der Waals surface area contributed by atoms with E-state index in [1.54, 1.807) is 0 Å². The first-order valence-electron chi connectivity index (χ1n) is 5.63. The van der Waals surface area contributed by atoms with E-state index in [9.17, 15) is 9.50 Å². The van der Waals surface area contributed by atoms with E-state index in [2.05, 4.69) is 0 Å². The van der Waals surface area contributed by atoms with Gasteiger partial charge in [0.25, 0.3) is 0 Å². The van der Waals surface area contributed by atoms with Gasteiger partial charge in [0.2, 0.25) is 0 Å². The average Bonchev–Trinajstić information content (AvgIpc) is 2.09. The van der Waals surface area contributed by atoms with Gasteiger partial charge in [0.05, 0.1) is 0 Å². The minimum Gasteiger partial charge on any atom is -0.507 e. The number of phenolic OH excluding ortho intramolecular Hbond substituents is 1. The van der Waals surface area contributed by atoms with Crippen LogP contribution in [-0.4, -0.2) is 29.6 Å². The summed E-state index contributed by atoms with van der Waals surface area (Å²) in [5.74, 6) is -0.183. The van der Waals surface area contributed by atoms with Crippen molar-refractivity contribution in [3.63, 3.8) is 0 Å². The maximum atomic E-state index is 13.5. The third kappa shape index (κ3) is 4.32.